The molecule has 0 heterocycles. The summed E-state index contributed by atoms with van der Waals surface area (Å²) in [6.07, 6.45) is 0. The van der Waals surface area contributed by atoms with E-state index in [1.54, 1.807) is 0 Å². The van der Waals surface area contributed by atoms with Crippen molar-refractivity contribution in [3.05, 3.63) is 59.7 Å². The van der Waals surface area contributed by atoms with Crippen LogP contribution >= 0.6 is 0 Å². The van der Waals surface area contributed by atoms with Gasteiger partial charge in [-0.2, -0.15) is 0 Å². The van der Waals surface area contributed by atoms with E-state index in [4.69, 9.17) is 0 Å². The van der Waals surface area contributed by atoms with Crippen molar-refractivity contribution in [2.75, 3.05) is 17.3 Å². The minimum Gasteiger partial charge on any atom is -0.368 e. The second-order valence-electron chi connectivity index (χ2n) is 8.12. The highest BCUT2D eigenvalue weighted by atomic mass is 15.1. The van der Waals surface area contributed by atoms with Gasteiger partial charge in [0, 0.05) is 11.4 Å². The average molecular weight is 310 g/mol. The molecule has 124 valence electrons. The second kappa shape index (κ2) is 6.66. The van der Waals surface area contributed by atoms with Crippen LogP contribution in [-0.4, -0.2) is 6.67 Å². The largest absolute Gasteiger partial charge is 0.368 e. The maximum Gasteiger partial charge on any atom is 0.0849 e. The highest BCUT2D eigenvalue weighted by Gasteiger charge is 2.18. The third-order valence-electron chi connectivity index (χ3n) is 4.03. The van der Waals surface area contributed by atoms with Gasteiger partial charge in [0.1, 0.15) is 0 Å². The standard InChI is InChI=1S/C21H30N2/c1-20(2,3)16-11-7-9-13-18(16)22-15-23-19-14-10-8-12-17(19)21(4,5)6/h7-14,22-23H,15H2,1-6H3. The van der Waals surface area contributed by atoms with Crippen LogP contribution in [-0.2, 0) is 10.8 Å². The third kappa shape index (κ3) is 4.51. The fourth-order valence-corrected chi connectivity index (χ4v) is 2.82. The highest BCUT2D eigenvalue weighted by molar-refractivity contribution is 5.57. The number of benzene rings is 2. The molecule has 2 heteroatoms. The summed E-state index contributed by atoms with van der Waals surface area (Å²) in [6.45, 7) is 14.2. The van der Waals surface area contributed by atoms with Crippen molar-refractivity contribution >= 4 is 11.4 Å². The Morgan fingerprint density at radius 2 is 0.957 bits per heavy atom. The molecule has 0 saturated carbocycles. The lowest BCUT2D eigenvalue weighted by atomic mass is 9.85. The van der Waals surface area contributed by atoms with Crippen molar-refractivity contribution in [3.63, 3.8) is 0 Å². The summed E-state index contributed by atoms with van der Waals surface area (Å²) < 4.78 is 0. The summed E-state index contributed by atoms with van der Waals surface area (Å²) in [4.78, 5) is 0. The summed E-state index contributed by atoms with van der Waals surface area (Å²) >= 11 is 0. The van der Waals surface area contributed by atoms with Gasteiger partial charge in [-0.05, 0) is 34.1 Å². The Bertz CT molecular complexity index is 588. The molecule has 0 atom stereocenters. The van der Waals surface area contributed by atoms with Crippen LogP contribution < -0.4 is 10.6 Å². The zero-order valence-corrected chi connectivity index (χ0v) is 15.3. The third-order valence-corrected chi connectivity index (χ3v) is 4.03. The Balaban J connectivity index is 2.11. The molecule has 0 saturated heterocycles. The lowest BCUT2D eigenvalue weighted by molar-refractivity contribution is 0.591. The van der Waals surface area contributed by atoms with Gasteiger partial charge in [-0.1, -0.05) is 77.9 Å². The summed E-state index contributed by atoms with van der Waals surface area (Å²) in [5, 5.41) is 7.07. The first-order chi connectivity index (χ1) is 10.7. The number of para-hydroxylation sites is 2. The highest BCUT2D eigenvalue weighted by Crippen LogP contribution is 2.30. The quantitative estimate of drug-likeness (QED) is 0.701. The van der Waals surface area contributed by atoms with Crippen LogP contribution in [0.25, 0.3) is 0 Å². The fourth-order valence-electron chi connectivity index (χ4n) is 2.82. The fraction of sp³-hybridized carbons (Fsp3) is 0.429. The molecule has 0 spiro atoms. The number of hydrogen-bond donors (Lipinski definition) is 2. The van der Waals surface area contributed by atoms with Gasteiger partial charge < -0.3 is 10.6 Å². The van der Waals surface area contributed by atoms with Gasteiger partial charge in [0.25, 0.3) is 0 Å². The van der Waals surface area contributed by atoms with Crippen LogP contribution in [0.15, 0.2) is 48.5 Å². The SMILES string of the molecule is CC(C)(C)c1ccccc1NCNc1ccccc1C(C)(C)C. The van der Waals surface area contributed by atoms with Crippen molar-refractivity contribution in [2.45, 2.75) is 52.4 Å². The minimum absolute atomic E-state index is 0.132. The molecular weight excluding hydrogens is 280 g/mol. The molecule has 0 bridgehead atoms. The van der Waals surface area contributed by atoms with Crippen molar-refractivity contribution < 1.29 is 0 Å². The van der Waals surface area contributed by atoms with Gasteiger partial charge in [0.05, 0.1) is 6.67 Å². The van der Waals surface area contributed by atoms with E-state index in [9.17, 15) is 0 Å². The molecule has 0 aliphatic rings. The van der Waals surface area contributed by atoms with E-state index < -0.39 is 0 Å². The number of hydrogen-bond acceptors (Lipinski definition) is 2. The smallest absolute Gasteiger partial charge is 0.0849 e. The Hall–Kier alpha value is -1.96. The summed E-state index contributed by atoms with van der Waals surface area (Å²) in [5.41, 5.74) is 5.33. The van der Waals surface area contributed by atoms with E-state index in [0.717, 1.165) is 0 Å². The van der Waals surface area contributed by atoms with Gasteiger partial charge in [-0.25, -0.2) is 0 Å². The monoisotopic (exact) mass is 310 g/mol. The molecule has 0 radical (unpaired) electrons. The molecule has 0 aromatic heterocycles. The van der Waals surface area contributed by atoms with Crippen molar-refractivity contribution in [1.29, 1.82) is 0 Å². The molecule has 0 fully saturated rings. The zero-order valence-electron chi connectivity index (χ0n) is 15.3. The Morgan fingerprint density at radius 1 is 0.609 bits per heavy atom. The number of nitrogens with one attached hydrogen (secondary N) is 2. The second-order valence-corrected chi connectivity index (χ2v) is 8.12. The normalized spacial score (nSPS) is 12.1. The van der Waals surface area contributed by atoms with Gasteiger partial charge in [-0.3, -0.25) is 0 Å². The topological polar surface area (TPSA) is 24.1 Å². The maximum absolute atomic E-state index is 3.54. The molecule has 2 aromatic carbocycles. The van der Waals surface area contributed by atoms with Crippen molar-refractivity contribution in [3.8, 4) is 0 Å². The molecule has 23 heavy (non-hydrogen) atoms. The van der Waals surface area contributed by atoms with Gasteiger partial charge >= 0.3 is 0 Å². The summed E-state index contributed by atoms with van der Waals surface area (Å²) in [7, 11) is 0. The van der Waals surface area contributed by atoms with Crippen LogP contribution in [0.5, 0.6) is 0 Å². The van der Waals surface area contributed by atoms with E-state index in [0.29, 0.717) is 6.67 Å². The Labute approximate surface area is 141 Å². The molecule has 0 aliphatic carbocycles. The molecule has 0 unspecified atom stereocenters. The van der Waals surface area contributed by atoms with Gasteiger partial charge in [-0.15, -0.1) is 0 Å². The predicted octanol–water partition coefficient (Wildman–Crippen LogP) is 5.76. The Kier molecular flexibility index (Phi) is 5.03. The van der Waals surface area contributed by atoms with Crippen molar-refractivity contribution in [2.24, 2.45) is 0 Å². The average Bonchev–Trinajstić information content (AvgIpc) is 2.46. The molecule has 0 aliphatic heterocycles. The summed E-state index contributed by atoms with van der Waals surface area (Å²) in [6, 6.07) is 17.1. The van der Waals surface area contributed by atoms with E-state index in [1.807, 2.05) is 0 Å². The lowest BCUT2D eigenvalue weighted by Crippen LogP contribution is -2.20. The van der Waals surface area contributed by atoms with Crippen LogP contribution in [0.4, 0.5) is 11.4 Å². The maximum atomic E-state index is 3.54. The molecule has 2 aromatic rings. The lowest BCUT2D eigenvalue weighted by Gasteiger charge is -2.25. The van der Waals surface area contributed by atoms with Crippen LogP contribution in [0, 0.1) is 0 Å². The first kappa shape index (κ1) is 17.4. The first-order valence-corrected chi connectivity index (χ1v) is 8.36. The minimum atomic E-state index is 0.132. The van der Waals surface area contributed by atoms with Crippen LogP contribution in [0.1, 0.15) is 52.7 Å². The van der Waals surface area contributed by atoms with E-state index >= 15 is 0 Å². The molecule has 2 N–H and O–H groups in total. The number of anilines is 2. The first-order valence-electron chi connectivity index (χ1n) is 8.36. The predicted molar refractivity (Wildman–Crippen MR) is 102 cm³/mol. The van der Waals surface area contributed by atoms with E-state index in [1.165, 1.54) is 22.5 Å². The molecule has 2 rings (SSSR count). The van der Waals surface area contributed by atoms with E-state index in [-0.39, 0.29) is 10.8 Å². The van der Waals surface area contributed by atoms with E-state index in [2.05, 4.69) is 101 Å². The van der Waals surface area contributed by atoms with Gasteiger partial charge in [0.2, 0.25) is 0 Å². The van der Waals surface area contributed by atoms with Gasteiger partial charge in [0.15, 0.2) is 0 Å². The molecular formula is C21H30N2. The van der Waals surface area contributed by atoms with Crippen molar-refractivity contribution in [1.82, 2.24) is 0 Å². The summed E-state index contributed by atoms with van der Waals surface area (Å²) in [5.74, 6) is 0. The van der Waals surface area contributed by atoms with Crippen LogP contribution in [0.3, 0.4) is 0 Å². The Morgan fingerprint density at radius 3 is 1.30 bits per heavy atom. The molecule has 0 amide bonds. The zero-order chi connectivity index (χ0) is 17.1. The number of rotatable bonds is 4. The van der Waals surface area contributed by atoms with Crippen LogP contribution in [0.2, 0.25) is 0 Å². The molecule has 2 nitrogen and oxygen atoms in total.